The quantitative estimate of drug-likeness (QED) is 0.496. The predicted octanol–water partition coefficient (Wildman–Crippen LogP) is 2.92. The Morgan fingerprint density at radius 3 is 3.05 bits per heavy atom. The SMILES string of the molecule is [N-]=[N+]=Nc1cccc(CCC2CCNCCC2O)c1. The maximum absolute atomic E-state index is 10.1. The van der Waals surface area contributed by atoms with Crippen LogP contribution in [0.2, 0.25) is 0 Å². The summed E-state index contributed by atoms with van der Waals surface area (Å²) in [5.41, 5.74) is 10.2. The molecule has 0 aromatic heterocycles. The molecule has 1 aromatic rings. The van der Waals surface area contributed by atoms with Crippen LogP contribution in [0.1, 0.15) is 24.8 Å². The van der Waals surface area contributed by atoms with E-state index in [4.69, 9.17) is 5.53 Å². The predicted molar refractivity (Wildman–Crippen MR) is 75.2 cm³/mol. The van der Waals surface area contributed by atoms with Crippen molar-refractivity contribution in [1.82, 2.24) is 5.32 Å². The first-order valence-corrected chi connectivity index (χ1v) is 6.82. The second kappa shape index (κ2) is 7.14. The highest BCUT2D eigenvalue weighted by Gasteiger charge is 2.20. The van der Waals surface area contributed by atoms with E-state index < -0.39 is 0 Å². The van der Waals surface area contributed by atoms with Gasteiger partial charge in [-0.15, -0.1) is 0 Å². The van der Waals surface area contributed by atoms with E-state index in [1.807, 2.05) is 18.2 Å². The topological polar surface area (TPSA) is 81.0 Å². The molecule has 2 unspecified atom stereocenters. The standard InChI is InChI=1S/C14H20N4O/c15-18-17-13-3-1-2-11(10-13)4-5-12-6-8-16-9-7-14(12)19/h1-3,10,12,14,16,19H,4-9H2. The third-order valence-electron chi connectivity index (χ3n) is 3.73. The first-order valence-electron chi connectivity index (χ1n) is 6.82. The summed E-state index contributed by atoms with van der Waals surface area (Å²) in [5.74, 6) is 0.359. The van der Waals surface area contributed by atoms with Crippen LogP contribution in [0.15, 0.2) is 29.4 Å². The lowest BCUT2D eigenvalue weighted by Gasteiger charge is -2.19. The zero-order valence-corrected chi connectivity index (χ0v) is 11.0. The monoisotopic (exact) mass is 260 g/mol. The van der Waals surface area contributed by atoms with Gasteiger partial charge in [0.2, 0.25) is 0 Å². The molecule has 0 saturated carbocycles. The zero-order chi connectivity index (χ0) is 13.5. The van der Waals surface area contributed by atoms with Gasteiger partial charge in [-0.25, -0.2) is 0 Å². The number of aliphatic hydroxyl groups excluding tert-OH is 1. The van der Waals surface area contributed by atoms with Gasteiger partial charge in [-0.05, 0) is 61.9 Å². The van der Waals surface area contributed by atoms with Crippen LogP contribution in [0.3, 0.4) is 0 Å². The lowest BCUT2D eigenvalue weighted by atomic mass is 9.91. The van der Waals surface area contributed by atoms with E-state index in [0.717, 1.165) is 44.3 Å². The number of benzene rings is 1. The van der Waals surface area contributed by atoms with E-state index in [9.17, 15) is 5.11 Å². The lowest BCUT2D eigenvalue weighted by Crippen LogP contribution is -2.20. The Morgan fingerprint density at radius 2 is 2.21 bits per heavy atom. The number of aryl methyl sites for hydroxylation is 1. The molecule has 19 heavy (non-hydrogen) atoms. The molecule has 2 atom stereocenters. The molecule has 0 amide bonds. The van der Waals surface area contributed by atoms with Gasteiger partial charge in [-0.3, -0.25) is 0 Å². The van der Waals surface area contributed by atoms with Crippen molar-refractivity contribution in [2.24, 2.45) is 11.0 Å². The highest BCUT2D eigenvalue weighted by atomic mass is 16.3. The molecule has 1 aliphatic rings. The largest absolute Gasteiger partial charge is 0.393 e. The summed E-state index contributed by atoms with van der Waals surface area (Å²) in [6.45, 7) is 1.89. The Hall–Kier alpha value is -1.55. The Morgan fingerprint density at radius 1 is 1.37 bits per heavy atom. The van der Waals surface area contributed by atoms with Crippen LogP contribution in [-0.4, -0.2) is 24.3 Å². The van der Waals surface area contributed by atoms with Gasteiger partial charge in [0.05, 0.1) is 6.10 Å². The minimum atomic E-state index is -0.199. The molecule has 0 aliphatic carbocycles. The summed E-state index contributed by atoms with van der Waals surface area (Å²) in [5, 5.41) is 17.0. The molecule has 1 fully saturated rings. The van der Waals surface area contributed by atoms with E-state index in [2.05, 4.69) is 15.3 Å². The van der Waals surface area contributed by atoms with Gasteiger partial charge in [0.15, 0.2) is 0 Å². The number of nitrogens with one attached hydrogen (secondary N) is 1. The van der Waals surface area contributed by atoms with Gasteiger partial charge in [0.1, 0.15) is 0 Å². The number of nitrogens with zero attached hydrogens (tertiary/aromatic N) is 3. The Balaban J connectivity index is 1.93. The van der Waals surface area contributed by atoms with Gasteiger partial charge in [-0.2, -0.15) is 0 Å². The van der Waals surface area contributed by atoms with Gasteiger partial charge >= 0.3 is 0 Å². The minimum Gasteiger partial charge on any atom is -0.393 e. The van der Waals surface area contributed by atoms with E-state index in [0.29, 0.717) is 11.6 Å². The van der Waals surface area contributed by atoms with Crippen LogP contribution in [0.4, 0.5) is 5.69 Å². The fourth-order valence-electron chi connectivity index (χ4n) is 2.61. The Labute approximate surface area is 113 Å². The van der Waals surface area contributed by atoms with Crippen LogP contribution in [0, 0.1) is 5.92 Å². The van der Waals surface area contributed by atoms with Crippen LogP contribution in [-0.2, 0) is 6.42 Å². The summed E-state index contributed by atoms with van der Waals surface area (Å²) in [6.07, 6.45) is 3.55. The van der Waals surface area contributed by atoms with Crippen molar-refractivity contribution in [2.45, 2.75) is 31.8 Å². The van der Waals surface area contributed by atoms with Gasteiger partial charge in [0.25, 0.3) is 0 Å². The van der Waals surface area contributed by atoms with Crippen molar-refractivity contribution in [1.29, 1.82) is 0 Å². The summed E-state index contributed by atoms with van der Waals surface area (Å²) in [7, 11) is 0. The van der Waals surface area contributed by atoms with E-state index in [-0.39, 0.29) is 6.10 Å². The molecule has 5 nitrogen and oxygen atoms in total. The van der Waals surface area contributed by atoms with Crippen molar-refractivity contribution in [3.63, 3.8) is 0 Å². The molecule has 0 spiro atoms. The summed E-state index contributed by atoms with van der Waals surface area (Å²) in [6, 6.07) is 7.66. The molecular weight excluding hydrogens is 240 g/mol. The average Bonchev–Trinajstić information content (AvgIpc) is 2.62. The second-order valence-corrected chi connectivity index (χ2v) is 5.05. The minimum absolute atomic E-state index is 0.199. The smallest absolute Gasteiger partial charge is 0.0581 e. The van der Waals surface area contributed by atoms with E-state index >= 15 is 0 Å². The molecule has 1 heterocycles. The average molecular weight is 260 g/mol. The molecule has 5 heteroatoms. The Bertz CT molecular complexity index is 457. The molecule has 1 aliphatic heterocycles. The third kappa shape index (κ3) is 4.24. The van der Waals surface area contributed by atoms with Crippen LogP contribution < -0.4 is 5.32 Å². The van der Waals surface area contributed by atoms with Crippen LogP contribution in [0.25, 0.3) is 10.4 Å². The first kappa shape index (κ1) is 13.9. The van der Waals surface area contributed by atoms with E-state index in [1.54, 1.807) is 6.07 Å². The van der Waals surface area contributed by atoms with E-state index in [1.165, 1.54) is 0 Å². The number of rotatable bonds is 4. The molecule has 0 bridgehead atoms. The first-order chi connectivity index (χ1) is 9.29. The zero-order valence-electron chi connectivity index (χ0n) is 11.0. The number of hydrogen-bond donors (Lipinski definition) is 2. The van der Waals surface area contributed by atoms with Crippen LogP contribution >= 0.6 is 0 Å². The summed E-state index contributed by atoms with van der Waals surface area (Å²) >= 11 is 0. The highest BCUT2D eigenvalue weighted by Crippen LogP contribution is 2.22. The third-order valence-corrected chi connectivity index (χ3v) is 3.73. The molecule has 1 saturated heterocycles. The number of aliphatic hydroxyl groups is 1. The molecule has 2 N–H and O–H groups in total. The van der Waals surface area contributed by atoms with Gasteiger partial charge in [0, 0.05) is 10.6 Å². The maximum Gasteiger partial charge on any atom is 0.0581 e. The highest BCUT2D eigenvalue weighted by molar-refractivity contribution is 5.39. The summed E-state index contributed by atoms with van der Waals surface area (Å²) in [4.78, 5) is 2.80. The fraction of sp³-hybridized carbons (Fsp3) is 0.571. The van der Waals surface area contributed by atoms with Crippen molar-refractivity contribution in [3.05, 3.63) is 40.3 Å². The number of azide groups is 1. The van der Waals surface area contributed by atoms with Crippen LogP contribution in [0.5, 0.6) is 0 Å². The second-order valence-electron chi connectivity index (χ2n) is 5.05. The molecular formula is C14H20N4O. The fourth-order valence-corrected chi connectivity index (χ4v) is 2.61. The number of hydrogen-bond acceptors (Lipinski definition) is 3. The van der Waals surface area contributed by atoms with Gasteiger partial charge < -0.3 is 10.4 Å². The van der Waals surface area contributed by atoms with Crippen molar-refractivity contribution >= 4 is 5.69 Å². The molecule has 1 aromatic carbocycles. The van der Waals surface area contributed by atoms with Crippen molar-refractivity contribution in [3.8, 4) is 0 Å². The Kier molecular flexibility index (Phi) is 5.21. The molecule has 0 radical (unpaired) electrons. The maximum atomic E-state index is 10.1. The molecule has 2 rings (SSSR count). The van der Waals surface area contributed by atoms with Crippen molar-refractivity contribution in [2.75, 3.05) is 13.1 Å². The normalized spacial score (nSPS) is 23.4. The molecule has 102 valence electrons. The van der Waals surface area contributed by atoms with Gasteiger partial charge in [-0.1, -0.05) is 23.3 Å². The summed E-state index contributed by atoms with van der Waals surface area (Å²) < 4.78 is 0. The lowest BCUT2D eigenvalue weighted by molar-refractivity contribution is 0.0997. The van der Waals surface area contributed by atoms with Crippen molar-refractivity contribution < 1.29 is 5.11 Å².